The summed E-state index contributed by atoms with van der Waals surface area (Å²) >= 11 is 1.58. The number of fused-ring (bicyclic) bond motifs is 1. The van der Waals surface area contributed by atoms with Crippen LogP contribution in [0.3, 0.4) is 0 Å². The minimum absolute atomic E-state index is 0.113. The molecule has 0 amide bonds. The second kappa shape index (κ2) is 7.45. The van der Waals surface area contributed by atoms with Crippen molar-refractivity contribution in [3.8, 4) is 5.75 Å². The van der Waals surface area contributed by atoms with Gasteiger partial charge in [0.1, 0.15) is 17.3 Å². The molecule has 0 aliphatic rings. The normalized spacial score (nSPS) is 11.5. The van der Waals surface area contributed by atoms with Crippen molar-refractivity contribution in [2.45, 2.75) is 11.5 Å². The molecule has 6 nitrogen and oxygen atoms in total. The molecule has 0 saturated heterocycles. The van der Waals surface area contributed by atoms with Crippen molar-refractivity contribution in [2.75, 3.05) is 14.2 Å². The third-order valence-electron chi connectivity index (χ3n) is 3.88. The highest BCUT2D eigenvalue weighted by Gasteiger charge is 2.21. The van der Waals surface area contributed by atoms with E-state index < -0.39 is 16.0 Å². The Labute approximate surface area is 155 Å². The Morgan fingerprint density at radius 3 is 2.69 bits per heavy atom. The molecular formula is C18H17NO5S2. The average molecular weight is 391 g/mol. The Bertz CT molecular complexity index is 1060. The van der Waals surface area contributed by atoms with E-state index >= 15 is 0 Å². The first-order valence-electron chi connectivity index (χ1n) is 7.70. The molecule has 0 unspecified atom stereocenters. The minimum atomic E-state index is -3.77. The summed E-state index contributed by atoms with van der Waals surface area (Å²) in [5.74, 6) is -0.449. The van der Waals surface area contributed by atoms with Gasteiger partial charge >= 0.3 is 5.97 Å². The second-order valence-corrected chi connectivity index (χ2v) is 8.17. The molecule has 3 aromatic rings. The fourth-order valence-electron chi connectivity index (χ4n) is 2.49. The van der Waals surface area contributed by atoms with E-state index in [4.69, 9.17) is 9.47 Å². The molecule has 0 atom stereocenters. The molecule has 0 aliphatic heterocycles. The van der Waals surface area contributed by atoms with E-state index in [1.165, 1.54) is 32.4 Å². The predicted molar refractivity (Wildman–Crippen MR) is 100 cm³/mol. The molecule has 8 heteroatoms. The van der Waals surface area contributed by atoms with Crippen LogP contribution in [0, 0.1) is 0 Å². The number of hydrogen-bond acceptors (Lipinski definition) is 6. The smallest absolute Gasteiger partial charge is 0.338 e. The zero-order valence-corrected chi connectivity index (χ0v) is 15.8. The zero-order valence-electron chi connectivity index (χ0n) is 14.2. The van der Waals surface area contributed by atoms with Gasteiger partial charge in [-0.2, -0.15) is 0 Å². The topological polar surface area (TPSA) is 81.7 Å². The number of thiophene rings is 1. The molecule has 0 bridgehead atoms. The highest BCUT2D eigenvalue weighted by atomic mass is 32.2. The summed E-state index contributed by atoms with van der Waals surface area (Å²) in [6.45, 7) is 0.114. The van der Waals surface area contributed by atoms with Gasteiger partial charge in [0, 0.05) is 10.3 Å². The highest BCUT2D eigenvalue weighted by molar-refractivity contribution is 7.89. The van der Waals surface area contributed by atoms with Crippen LogP contribution in [0.2, 0.25) is 0 Å². The number of nitrogens with one attached hydrogen (secondary N) is 1. The number of rotatable bonds is 6. The largest absolute Gasteiger partial charge is 0.495 e. The number of carbonyl (C=O) groups is 1. The molecule has 0 fully saturated rings. The van der Waals surface area contributed by atoms with Gasteiger partial charge < -0.3 is 9.47 Å². The van der Waals surface area contributed by atoms with Crippen molar-refractivity contribution in [1.29, 1.82) is 0 Å². The molecule has 1 aromatic heterocycles. The number of hydrogen-bond donors (Lipinski definition) is 1. The van der Waals surface area contributed by atoms with Crippen LogP contribution >= 0.6 is 11.3 Å². The van der Waals surface area contributed by atoms with E-state index in [1.807, 2.05) is 29.6 Å². The quantitative estimate of drug-likeness (QED) is 0.653. The monoisotopic (exact) mass is 391 g/mol. The SMILES string of the molecule is CNS(=O)(=O)c1cc(C(=O)OCc2csc3ccccc23)ccc1OC. The molecule has 0 saturated carbocycles. The number of methoxy groups -OCH3 is 1. The summed E-state index contributed by atoms with van der Waals surface area (Å²) in [4.78, 5) is 12.3. The molecule has 1 heterocycles. The Kier molecular flexibility index (Phi) is 5.26. The van der Waals surface area contributed by atoms with Crippen molar-refractivity contribution in [2.24, 2.45) is 0 Å². The Hall–Kier alpha value is -2.42. The first kappa shape index (κ1) is 18.4. The zero-order chi connectivity index (χ0) is 18.7. The Morgan fingerprint density at radius 2 is 1.96 bits per heavy atom. The molecule has 136 valence electrons. The summed E-state index contributed by atoms with van der Waals surface area (Å²) in [5.41, 5.74) is 1.05. The first-order chi connectivity index (χ1) is 12.5. The lowest BCUT2D eigenvalue weighted by atomic mass is 10.2. The standard InChI is InChI=1S/C18H17NO5S2/c1-19-26(21,22)17-9-12(7-8-15(17)23-2)18(20)24-10-13-11-25-16-6-4-3-5-14(13)16/h3-9,11,19H,10H2,1-2H3. The first-order valence-corrected chi connectivity index (χ1v) is 10.1. The van der Waals surface area contributed by atoms with Gasteiger partial charge in [0.15, 0.2) is 0 Å². The fraction of sp³-hybridized carbons (Fsp3) is 0.167. The van der Waals surface area contributed by atoms with E-state index in [2.05, 4.69) is 4.72 Å². The van der Waals surface area contributed by atoms with Crippen LogP contribution in [0.4, 0.5) is 0 Å². The van der Waals surface area contributed by atoms with E-state index in [9.17, 15) is 13.2 Å². The van der Waals surface area contributed by atoms with Gasteiger partial charge in [0.2, 0.25) is 10.0 Å². The maximum absolute atomic E-state index is 12.4. The lowest BCUT2D eigenvalue weighted by Gasteiger charge is -2.11. The van der Waals surface area contributed by atoms with Crippen LogP contribution in [-0.4, -0.2) is 28.5 Å². The third-order valence-corrected chi connectivity index (χ3v) is 6.33. The molecule has 1 N–H and O–H groups in total. The number of esters is 1. The number of benzene rings is 2. The number of sulfonamides is 1. The van der Waals surface area contributed by atoms with Crippen molar-refractivity contribution >= 4 is 37.4 Å². The van der Waals surface area contributed by atoms with Crippen molar-refractivity contribution < 1.29 is 22.7 Å². The Morgan fingerprint density at radius 1 is 1.19 bits per heavy atom. The van der Waals surface area contributed by atoms with Gasteiger partial charge in [-0.3, -0.25) is 0 Å². The van der Waals surface area contributed by atoms with Crippen molar-refractivity contribution in [3.05, 3.63) is 59.0 Å². The summed E-state index contributed by atoms with van der Waals surface area (Å²) in [6.07, 6.45) is 0. The van der Waals surface area contributed by atoms with Crippen LogP contribution < -0.4 is 9.46 Å². The van der Waals surface area contributed by atoms with Gasteiger partial charge in [-0.05, 0) is 42.1 Å². The van der Waals surface area contributed by atoms with Gasteiger partial charge in [-0.25, -0.2) is 17.9 Å². The number of carbonyl (C=O) groups excluding carboxylic acids is 1. The van der Waals surface area contributed by atoms with Crippen LogP contribution in [0.1, 0.15) is 15.9 Å². The Balaban J connectivity index is 1.83. The lowest BCUT2D eigenvalue weighted by Crippen LogP contribution is -2.20. The summed E-state index contributed by atoms with van der Waals surface area (Å²) in [6, 6.07) is 12.0. The third kappa shape index (κ3) is 3.57. The van der Waals surface area contributed by atoms with E-state index in [0.717, 1.165) is 15.6 Å². The predicted octanol–water partition coefficient (Wildman–Crippen LogP) is 3.18. The molecule has 0 radical (unpaired) electrons. The molecule has 26 heavy (non-hydrogen) atoms. The van der Waals surface area contributed by atoms with Crippen molar-refractivity contribution in [1.82, 2.24) is 4.72 Å². The van der Waals surface area contributed by atoms with Crippen LogP contribution in [-0.2, 0) is 21.4 Å². The lowest BCUT2D eigenvalue weighted by molar-refractivity contribution is 0.0474. The summed E-state index contributed by atoms with van der Waals surface area (Å²) in [7, 11) is -1.11. The van der Waals surface area contributed by atoms with Crippen LogP contribution in [0.15, 0.2) is 52.7 Å². The summed E-state index contributed by atoms with van der Waals surface area (Å²) < 4.78 is 38.0. The highest BCUT2D eigenvalue weighted by Crippen LogP contribution is 2.27. The minimum Gasteiger partial charge on any atom is -0.495 e. The maximum atomic E-state index is 12.4. The maximum Gasteiger partial charge on any atom is 0.338 e. The van der Waals surface area contributed by atoms with E-state index in [1.54, 1.807) is 11.3 Å². The second-order valence-electron chi connectivity index (χ2n) is 5.41. The van der Waals surface area contributed by atoms with Crippen LogP contribution in [0.25, 0.3) is 10.1 Å². The van der Waals surface area contributed by atoms with Gasteiger partial charge in [0.05, 0.1) is 12.7 Å². The fourth-order valence-corrected chi connectivity index (χ4v) is 4.36. The molecule has 0 aliphatic carbocycles. The van der Waals surface area contributed by atoms with Gasteiger partial charge in [-0.1, -0.05) is 18.2 Å². The summed E-state index contributed by atoms with van der Waals surface area (Å²) in [5, 5.41) is 2.99. The average Bonchev–Trinajstić information content (AvgIpc) is 3.08. The molecule has 0 spiro atoms. The van der Waals surface area contributed by atoms with Crippen molar-refractivity contribution in [3.63, 3.8) is 0 Å². The van der Waals surface area contributed by atoms with Gasteiger partial charge in [-0.15, -0.1) is 11.3 Å². The van der Waals surface area contributed by atoms with E-state index in [-0.39, 0.29) is 22.8 Å². The van der Waals surface area contributed by atoms with Gasteiger partial charge in [0.25, 0.3) is 0 Å². The molecule has 2 aromatic carbocycles. The number of ether oxygens (including phenoxy) is 2. The van der Waals surface area contributed by atoms with Crippen LogP contribution in [0.5, 0.6) is 5.75 Å². The van der Waals surface area contributed by atoms with E-state index in [0.29, 0.717) is 0 Å². The molecule has 3 rings (SSSR count). The molecular weight excluding hydrogens is 374 g/mol.